The second-order valence-electron chi connectivity index (χ2n) is 4.61. The molecule has 2 rings (SSSR count). The van der Waals surface area contributed by atoms with Crippen molar-refractivity contribution in [3.05, 3.63) is 54.0 Å². The number of aliphatic hydroxyl groups is 1. The number of carbonyl (C=O) groups is 1. The maximum atomic E-state index is 13.7. The number of amides is 1. The van der Waals surface area contributed by atoms with Crippen LogP contribution in [0.4, 0.5) is 15.9 Å². The minimum absolute atomic E-state index is 0.115. The molecule has 0 bridgehead atoms. The Morgan fingerprint density at radius 1 is 1.32 bits per heavy atom. The number of carbonyl (C=O) groups excluding carboxylic acids is 1. The highest BCUT2D eigenvalue weighted by Gasteiger charge is 2.18. The number of halogens is 1. The zero-order valence-electron chi connectivity index (χ0n) is 12.3. The summed E-state index contributed by atoms with van der Waals surface area (Å²) >= 11 is 0. The smallest absolute Gasteiger partial charge is 0.257 e. The molecule has 6 heteroatoms. The van der Waals surface area contributed by atoms with Crippen LogP contribution in [-0.4, -0.2) is 40.6 Å². The largest absolute Gasteiger partial charge is 0.395 e. The first-order valence-corrected chi connectivity index (χ1v) is 7.04. The van der Waals surface area contributed by atoms with E-state index in [0.29, 0.717) is 12.1 Å². The summed E-state index contributed by atoms with van der Waals surface area (Å²) in [4.78, 5) is 18.1. The van der Waals surface area contributed by atoms with E-state index in [1.165, 1.54) is 17.2 Å². The van der Waals surface area contributed by atoms with E-state index in [1.807, 2.05) is 6.92 Å². The molecule has 0 unspecified atom stereocenters. The minimum atomic E-state index is -0.422. The van der Waals surface area contributed by atoms with Gasteiger partial charge >= 0.3 is 0 Å². The predicted octanol–water partition coefficient (Wildman–Crippen LogP) is 2.42. The average Bonchev–Trinajstić information content (AvgIpc) is 2.54. The van der Waals surface area contributed by atoms with Gasteiger partial charge in [0.1, 0.15) is 11.6 Å². The Morgan fingerprint density at radius 3 is 2.77 bits per heavy atom. The van der Waals surface area contributed by atoms with Gasteiger partial charge in [0.2, 0.25) is 0 Å². The van der Waals surface area contributed by atoms with Gasteiger partial charge in [-0.05, 0) is 31.2 Å². The Kier molecular flexibility index (Phi) is 5.43. The number of aliphatic hydroxyl groups excluding tert-OH is 1. The van der Waals surface area contributed by atoms with E-state index in [-0.39, 0.29) is 30.6 Å². The van der Waals surface area contributed by atoms with E-state index in [1.54, 1.807) is 30.3 Å². The molecule has 0 radical (unpaired) electrons. The van der Waals surface area contributed by atoms with Crippen LogP contribution in [0.5, 0.6) is 0 Å². The van der Waals surface area contributed by atoms with Crippen LogP contribution in [0.2, 0.25) is 0 Å². The molecule has 0 atom stereocenters. The lowest BCUT2D eigenvalue weighted by molar-refractivity contribution is 0.0732. The third kappa shape index (κ3) is 3.59. The van der Waals surface area contributed by atoms with E-state index < -0.39 is 5.82 Å². The van der Waals surface area contributed by atoms with Gasteiger partial charge in [-0.15, -0.1) is 0 Å². The molecule has 1 aromatic heterocycles. The first kappa shape index (κ1) is 15.9. The molecule has 5 nitrogen and oxygen atoms in total. The summed E-state index contributed by atoms with van der Waals surface area (Å²) in [7, 11) is 0. The Balaban J connectivity index is 2.30. The maximum absolute atomic E-state index is 13.7. The number of likely N-dealkylation sites (N-methyl/N-ethyl adjacent to an activating group) is 1. The van der Waals surface area contributed by atoms with Gasteiger partial charge in [0, 0.05) is 19.3 Å². The Morgan fingerprint density at radius 2 is 2.09 bits per heavy atom. The van der Waals surface area contributed by atoms with Gasteiger partial charge in [0.05, 0.1) is 17.9 Å². The monoisotopic (exact) mass is 303 g/mol. The van der Waals surface area contributed by atoms with E-state index in [2.05, 4.69) is 10.3 Å². The molecular weight excluding hydrogens is 285 g/mol. The second-order valence-corrected chi connectivity index (χ2v) is 4.61. The van der Waals surface area contributed by atoms with Crippen molar-refractivity contribution in [1.82, 2.24) is 9.88 Å². The van der Waals surface area contributed by atoms with E-state index in [0.717, 1.165) is 0 Å². The fourth-order valence-corrected chi connectivity index (χ4v) is 2.06. The molecule has 0 saturated heterocycles. The summed E-state index contributed by atoms with van der Waals surface area (Å²) in [6.45, 7) is 2.42. The molecule has 1 amide bonds. The lowest BCUT2D eigenvalue weighted by Gasteiger charge is -2.21. The highest BCUT2D eigenvalue weighted by Crippen LogP contribution is 2.21. The summed E-state index contributed by atoms with van der Waals surface area (Å²) < 4.78 is 13.7. The number of nitrogens with one attached hydrogen (secondary N) is 1. The molecule has 0 spiro atoms. The van der Waals surface area contributed by atoms with Crippen molar-refractivity contribution in [2.24, 2.45) is 0 Å². The van der Waals surface area contributed by atoms with Crippen LogP contribution in [0, 0.1) is 5.82 Å². The summed E-state index contributed by atoms with van der Waals surface area (Å²) in [6.07, 6.45) is 1.53. The number of pyridine rings is 1. The first-order chi connectivity index (χ1) is 10.7. The minimum Gasteiger partial charge on any atom is -0.395 e. The molecule has 2 N–H and O–H groups in total. The van der Waals surface area contributed by atoms with Gasteiger partial charge in [-0.1, -0.05) is 12.1 Å². The normalized spacial score (nSPS) is 10.3. The highest BCUT2D eigenvalue weighted by atomic mass is 19.1. The molecule has 0 aliphatic carbocycles. The fourth-order valence-electron chi connectivity index (χ4n) is 2.06. The Hall–Kier alpha value is -2.47. The van der Waals surface area contributed by atoms with Gasteiger partial charge in [-0.3, -0.25) is 4.79 Å². The zero-order chi connectivity index (χ0) is 15.9. The van der Waals surface area contributed by atoms with Crippen molar-refractivity contribution in [3.8, 4) is 0 Å². The quantitative estimate of drug-likeness (QED) is 0.860. The van der Waals surface area contributed by atoms with Crippen molar-refractivity contribution >= 4 is 17.4 Å². The molecule has 116 valence electrons. The van der Waals surface area contributed by atoms with Gasteiger partial charge < -0.3 is 15.3 Å². The van der Waals surface area contributed by atoms with Crippen molar-refractivity contribution in [2.75, 3.05) is 25.0 Å². The Labute approximate surface area is 128 Å². The molecule has 2 aromatic rings. The highest BCUT2D eigenvalue weighted by molar-refractivity contribution is 5.99. The van der Waals surface area contributed by atoms with E-state index in [9.17, 15) is 9.18 Å². The van der Waals surface area contributed by atoms with Crippen LogP contribution in [0.15, 0.2) is 42.6 Å². The van der Waals surface area contributed by atoms with Crippen molar-refractivity contribution in [3.63, 3.8) is 0 Å². The number of rotatable bonds is 6. The third-order valence-electron chi connectivity index (χ3n) is 3.20. The summed E-state index contributed by atoms with van der Waals surface area (Å²) in [5.74, 6) is -0.397. The number of hydrogen-bond acceptors (Lipinski definition) is 4. The van der Waals surface area contributed by atoms with Gasteiger partial charge in [0.15, 0.2) is 0 Å². The third-order valence-corrected chi connectivity index (χ3v) is 3.20. The molecule has 1 aromatic carbocycles. The molecule has 0 fully saturated rings. The predicted molar refractivity (Wildman–Crippen MR) is 82.6 cm³/mol. The van der Waals surface area contributed by atoms with Gasteiger partial charge in [0.25, 0.3) is 5.91 Å². The second kappa shape index (κ2) is 7.51. The Bertz CT molecular complexity index is 649. The fraction of sp³-hybridized carbons (Fsp3) is 0.250. The van der Waals surface area contributed by atoms with Crippen LogP contribution >= 0.6 is 0 Å². The lowest BCUT2D eigenvalue weighted by Crippen LogP contribution is -2.33. The average molecular weight is 303 g/mol. The molecule has 0 saturated carbocycles. The molecule has 1 heterocycles. The van der Waals surface area contributed by atoms with Gasteiger partial charge in [-0.25, -0.2) is 9.37 Å². The standard InChI is InChI=1S/C16H18FN3O2/c1-2-20(10-11-21)16(22)12-6-5-9-18-15(12)19-14-8-4-3-7-13(14)17/h3-9,21H,2,10-11H2,1H3,(H,18,19). The molecular formula is C16H18FN3O2. The summed E-state index contributed by atoms with van der Waals surface area (Å²) in [5, 5.41) is 11.9. The zero-order valence-corrected chi connectivity index (χ0v) is 12.3. The van der Waals surface area contributed by atoms with Crippen LogP contribution in [-0.2, 0) is 0 Å². The van der Waals surface area contributed by atoms with Crippen LogP contribution in [0.1, 0.15) is 17.3 Å². The molecule has 0 aliphatic heterocycles. The number of benzene rings is 1. The topological polar surface area (TPSA) is 65.5 Å². The lowest BCUT2D eigenvalue weighted by atomic mass is 10.2. The van der Waals surface area contributed by atoms with Crippen molar-refractivity contribution < 1.29 is 14.3 Å². The van der Waals surface area contributed by atoms with Gasteiger partial charge in [-0.2, -0.15) is 0 Å². The van der Waals surface area contributed by atoms with Crippen molar-refractivity contribution in [2.45, 2.75) is 6.92 Å². The van der Waals surface area contributed by atoms with Crippen LogP contribution in [0.3, 0.4) is 0 Å². The maximum Gasteiger partial charge on any atom is 0.257 e. The SMILES string of the molecule is CCN(CCO)C(=O)c1cccnc1Nc1ccccc1F. The van der Waals surface area contributed by atoms with Crippen LogP contribution < -0.4 is 5.32 Å². The number of aromatic nitrogens is 1. The first-order valence-electron chi connectivity index (χ1n) is 7.04. The van der Waals surface area contributed by atoms with Crippen LogP contribution in [0.25, 0.3) is 0 Å². The number of para-hydroxylation sites is 1. The van der Waals surface area contributed by atoms with Crippen molar-refractivity contribution in [1.29, 1.82) is 0 Å². The number of anilines is 2. The molecule has 22 heavy (non-hydrogen) atoms. The number of nitrogens with zero attached hydrogens (tertiary/aromatic N) is 2. The summed E-state index contributed by atoms with van der Waals surface area (Å²) in [5.41, 5.74) is 0.585. The number of hydrogen-bond donors (Lipinski definition) is 2. The van der Waals surface area contributed by atoms with E-state index >= 15 is 0 Å². The molecule has 0 aliphatic rings. The summed E-state index contributed by atoms with van der Waals surface area (Å²) in [6, 6.07) is 9.45. The van der Waals surface area contributed by atoms with E-state index in [4.69, 9.17) is 5.11 Å².